The first-order valence-electron chi connectivity index (χ1n) is 7.37. The molecule has 0 aromatic heterocycles. The van der Waals surface area contributed by atoms with Crippen LogP contribution in [0.2, 0.25) is 0 Å². The van der Waals surface area contributed by atoms with Crippen molar-refractivity contribution in [3.05, 3.63) is 66.2 Å². The Morgan fingerprint density at radius 2 is 1.65 bits per heavy atom. The first kappa shape index (κ1) is 13.2. The van der Waals surface area contributed by atoms with E-state index in [1.54, 1.807) is 0 Å². The second-order valence-electron chi connectivity index (χ2n) is 5.39. The van der Waals surface area contributed by atoms with Crippen molar-refractivity contribution in [3.8, 4) is 5.75 Å². The van der Waals surface area contributed by atoms with Crippen LogP contribution in [0.4, 0.5) is 0 Å². The molecule has 1 aliphatic heterocycles. The summed E-state index contributed by atoms with van der Waals surface area (Å²) >= 11 is 0. The molecule has 20 heavy (non-hydrogen) atoms. The van der Waals surface area contributed by atoms with Gasteiger partial charge in [0.15, 0.2) is 0 Å². The van der Waals surface area contributed by atoms with Crippen molar-refractivity contribution in [1.29, 1.82) is 0 Å². The standard InChI is InChI=1S/C18H21NO/c1-3-7-15(8-4-1)18-11-12-19-13-16(18)14-20-17-9-5-2-6-10-17/h1-10,16,18-19H,11-14H2. The predicted octanol–water partition coefficient (Wildman–Crippen LogP) is 3.46. The smallest absolute Gasteiger partial charge is 0.119 e. The summed E-state index contributed by atoms with van der Waals surface area (Å²) in [5.41, 5.74) is 1.44. The summed E-state index contributed by atoms with van der Waals surface area (Å²) in [4.78, 5) is 0. The third kappa shape index (κ3) is 3.20. The summed E-state index contributed by atoms with van der Waals surface area (Å²) in [6, 6.07) is 20.9. The molecule has 0 amide bonds. The molecule has 0 bridgehead atoms. The lowest BCUT2D eigenvalue weighted by Crippen LogP contribution is -2.38. The van der Waals surface area contributed by atoms with Gasteiger partial charge in [0.1, 0.15) is 5.75 Å². The van der Waals surface area contributed by atoms with Crippen LogP contribution in [0.1, 0.15) is 17.9 Å². The van der Waals surface area contributed by atoms with E-state index >= 15 is 0 Å². The minimum Gasteiger partial charge on any atom is -0.493 e. The maximum Gasteiger partial charge on any atom is 0.119 e. The highest BCUT2D eigenvalue weighted by Gasteiger charge is 2.26. The maximum absolute atomic E-state index is 5.96. The Balaban J connectivity index is 1.67. The lowest BCUT2D eigenvalue weighted by Gasteiger charge is -2.32. The van der Waals surface area contributed by atoms with E-state index in [9.17, 15) is 0 Å². The van der Waals surface area contributed by atoms with Gasteiger partial charge in [-0.05, 0) is 36.6 Å². The number of hydrogen-bond acceptors (Lipinski definition) is 2. The minimum atomic E-state index is 0.534. The molecule has 3 rings (SSSR count). The fourth-order valence-electron chi connectivity index (χ4n) is 2.96. The average molecular weight is 267 g/mol. The number of para-hydroxylation sites is 1. The van der Waals surface area contributed by atoms with Crippen LogP contribution < -0.4 is 10.1 Å². The number of ether oxygens (including phenoxy) is 1. The molecule has 1 aliphatic rings. The average Bonchev–Trinajstić information content (AvgIpc) is 2.55. The molecule has 2 heteroatoms. The summed E-state index contributed by atoms with van der Waals surface area (Å²) in [7, 11) is 0. The first-order chi connectivity index (χ1) is 9.93. The van der Waals surface area contributed by atoms with Crippen molar-refractivity contribution < 1.29 is 4.74 Å². The van der Waals surface area contributed by atoms with Crippen LogP contribution >= 0.6 is 0 Å². The molecule has 104 valence electrons. The third-order valence-corrected chi connectivity index (χ3v) is 4.04. The molecule has 2 unspecified atom stereocenters. The molecule has 2 nitrogen and oxygen atoms in total. The van der Waals surface area contributed by atoms with Gasteiger partial charge in [0, 0.05) is 12.5 Å². The molecule has 1 fully saturated rings. The van der Waals surface area contributed by atoms with Crippen LogP contribution in [0.15, 0.2) is 60.7 Å². The molecule has 0 aliphatic carbocycles. The summed E-state index contributed by atoms with van der Waals surface area (Å²) < 4.78 is 5.96. The van der Waals surface area contributed by atoms with Gasteiger partial charge in [-0.1, -0.05) is 48.5 Å². The van der Waals surface area contributed by atoms with Crippen molar-refractivity contribution >= 4 is 0 Å². The number of nitrogens with one attached hydrogen (secondary N) is 1. The molecule has 2 aromatic rings. The van der Waals surface area contributed by atoms with E-state index in [4.69, 9.17) is 4.74 Å². The molecule has 1 saturated heterocycles. The van der Waals surface area contributed by atoms with Crippen LogP contribution in [0.3, 0.4) is 0 Å². The van der Waals surface area contributed by atoms with Gasteiger partial charge in [-0.3, -0.25) is 0 Å². The molecule has 1 N–H and O–H groups in total. The molecular formula is C18H21NO. The Hall–Kier alpha value is -1.80. The molecule has 0 saturated carbocycles. The van der Waals surface area contributed by atoms with Crippen LogP contribution in [-0.2, 0) is 0 Å². The largest absolute Gasteiger partial charge is 0.493 e. The van der Waals surface area contributed by atoms with Crippen LogP contribution in [-0.4, -0.2) is 19.7 Å². The topological polar surface area (TPSA) is 21.3 Å². The quantitative estimate of drug-likeness (QED) is 0.916. The van der Waals surface area contributed by atoms with Crippen molar-refractivity contribution in [1.82, 2.24) is 5.32 Å². The summed E-state index contributed by atoms with van der Waals surface area (Å²) in [6.07, 6.45) is 1.19. The van der Waals surface area contributed by atoms with E-state index in [1.807, 2.05) is 30.3 Å². The Kier molecular flexibility index (Phi) is 4.34. The van der Waals surface area contributed by atoms with Crippen LogP contribution in [0.5, 0.6) is 5.75 Å². The predicted molar refractivity (Wildman–Crippen MR) is 82.1 cm³/mol. The Labute approximate surface area is 120 Å². The summed E-state index contributed by atoms with van der Waals surface area (Å²) in [5, 5.41) is 3.49. The minimum absolute atomic E-state index is 0.534. The van der Waals surface area contributed by atoms with Gasteiger partial charge in [-0.15, -0.1) is 0 Å². The van der Waals surface area contributed by atoms with Gasteiger partial charge in [-0.2, -0.15) is 0 Å². The van der Waals surface area contributed by atoms with Crippen molar-refractivity contribution in [2.45, 2.75) is 12.3 Å². The SMILES string of the molecule is c1ccc(OCC2CNCCC2c2ccccc2)cc1. The van der Waals surface area contributed by atoms with E-state index in [0.717, 1.165) is 25.4 Å². The Morgan fingerprint density at radius 1 is 0.950 bits per heavy atom. The molecule has 1 heterocycles. The second-order valence-corrected chi connectivity index (χ2v) is 5.39. The van der Waals surface area contributed by atoms with Gasteiger partial charge in [-0.25, -0.2) is 0 Å². The normalized spacial score (nSPS) is 22.4. The molecule has 2 atom stereocenters. The fraction of sp³-hybridized carbons (Fsp3) is 0.333. The van der Waals surface area contributed by atoms with Crippen LogP contribution in [0, 0.1) is 5.92 Å². The van der Waals surface area contributed by atoms with Gasteiger partial charge in [0.25, 0.3) is 0 Å². The van der Waals surface area contributed by atoms with Gasteiger partial charge in [0.05, 0.1) is 6.61 Å². The number of benzene rings is 2. The number of rotatable bonds is 4. The Bertz CT molecular complexity index is 511. The van der Waals surface area contributed by atoms with E-state index in [-0.39, 0.29) is 0 Å². The zero-order chi connectivity index (χ0) is 13.6. The van der Waals surface area contributed by atoms with Gasteiger partial charge < -0.3 is 10.1 Å². The van der Waals surface area contributed by atoms with Crippen molar-refractivity contribution in [3.63, 3.8) is 0 Å². The number of piperidine rings is 1. The molecule has 0 radical (unpaired) electrons. The monoisotopic (exact) mass is 267 g/mol. The van der Waals surface area contributed by atoms with E-state index in [2.05, 4.69) is 35.6 Å². The lowest BCUT2D eigenvalue weighted by atomic mass is 9.81. The second kappa shape index (κ2) is 6.58. The molecular weight excluding hydrogens is 246 g/mol. The summed E-state index contributed by atoms with van der Waals surface area (Å²) in [5.74, 6) is 2.09. The highest BCUT2D eigenvalue weighted by molar-refractivity contribution is 5.23. The van der Waals surface area contributed by atoms with E-state index in [0.29, 0.717) is 11.8 Å². The highest BCUT2D eigenvalue weighted by Crippen LogP contribution is 2.30. The third-order valence-electron chi connectivity index (χ3n) is 4.04. The zero-order valence-electron chi connectivity index (χ0n) is 11.7. The van der Waals surface area contributed by atoms with Crippen LogP contribution in [0.25, 0.3) is 0 Å². The molecule has 2 aromatic carbocycles. The first-order valence-corrected chi connectivity index (χ1v) is 7.37. The van der Waals surface area contributed by atoms with Crippen molar-refractivity contribution in [2.75, 3.05) is 19.7 Å². The highest BCUT2D eigenvalue weighted by atomic mass is 16.5. The van der Waals surface area contributed by atoms with E-state index < -0.39 is 0 Å². The zero-order valence-corrected chi connectivity index (χ0v) is 11.7. The lowest BCUT2D eigenvalue weighted by molar-refractivity contribution is 0.197. The number of hydrogen-bond donors (Lipinski definition) is 1. The maximum atomic E-state index is 5.96. The fourth-order valence-corrected chi connectivity index (χ4v) is 2.96. The van der Waals surface area contributed by atoms with Crippen molar-refractivity contribution in [2.24, 2.45) is 5.92 Å². The Morgan fingerprint density at radius 3 is 2.40 bits per heavy atom. The summed E-state index contributed by atoms with van der Waals surface area (Å²) in [6.45, 7) is 2.91. The van der Waals surface area contributed by atoms with E-state index in [1.165, 1.54) is 12.0 Å². The molecule has 0 spiro atoms. The van der Waals surface area contributed by atoms with Gasteiger partial charge in [0.2, 0.25) is 0 Å². The van der Waals surface area contributed by atoms with Gasteiger partial charge >= 0.3 is 0 Å².